The quantitative estimate of drug-likeness (QED) is 0.719. The fourth-order valence-electron chi connectivity index (χ4n) is 1.14. The molecule has 1 heterocycles. The Morgan fingerprint density at radius 1 is 1.64 bits per heavy atom. The molecule has 1 aliphatic carbocycles. The molecule has 1 fully saturated rings. The molecule has 0 spiro atoms. The van der Waals surface area contributed by atoms with E-state index in [9.17, 15) is 4.79 Å². The number of nitrogens with zero attached hydrogens (tertiary/aromatic N) is 2. The lowest BCUT2D eigenvalue weighted by molar-refractivity contribution is -0.118. The summed E-state index contributed by atoms with van der Waals surface area (Å²) in [5.41, 5.74) is 0. The van der Waals surface area contributed by atoms with Crippen LogP contribution in [0.5, 0.6) is 0 Å². The highest BCUT2D eigenvalue weighted by molar-refractivity contribution is 6.27. The van der Waals surface area contributed by atoms with Crippen LogP contribution >= 0.6 is 11.6 Å². The van der Waals surface area contributed by atoms with Gasteiger partial charge in [0.05, 0.1) is 6.54 Å². The van der Waals surface area contributed by atoms with E-state index in [1.165, 1.54) is 12.8 Å². The zero-order valence-electron chi connectivity index (χ0n) is 7.59. The average molecular weight is 215 g/mol. The first-order chi connectivity index (χ1) is 6.79. The molecule has 2 rings (SSSR count). The van der Waals surface area contributed by atoms with Gasteiger partial charge in [-0.05, 0) is 12.8 Å². The van der Waals surface area contributed by atoms with Crippen LogP contribution in [0.1, 0.15) is 30.4 Å². The minimum absolute atomic E-state index is 0.0242. The Morgan fingerprint density at radius 2 is 2.43 bits per heavy atom. The largest absolute Gasteiger partial charge is 0.348 e. The molecule has 1 saturated carbocycles. The smallest absolute Gasteiger partial charge is 0.235 e. The number of aromatic nitrogens is 3. The highest BCUT2D eigenvalue weighted by Crippen LogP contribution is 2.37. The zero-order chi connectivity index (χ0) is 9.97. The molecule has 0 aromatic carbocycles. The molecule has 1 aromatic heterocycles. The highest BCUT2D eigenvalue weighted by atomic mass is 35.5. The third-order valence-corrected chi connectivity index (χ3v) is 2.31. The van der Waals surface area contributed by atoms with Crippen molar-refractivity contribution < 1.29 is 4.79 Å². The molecule has 0 radical (unpaired) electrons. The maximum absolute atomic E-state index is 10.8. The van der Waals surface area contributed by atoms with E-state index in [0.717, 1.165) is 5.82 Å². The summed E-state index contributed by atoms with van der Waals surface area (Å²) in [6.07, 6.45) is 2.34. The summed E-state index contributed by atoms with van der Waals surface area (Å²) in [6, 6.07) is 0. The Kier molecular flexibility index (Phi) is 2.67. The molecule has 0 aliphatic heterocycles. The van der Waals surface area contributed by atoms with Crippen LogP contribution in [0, 0.1) is 0 Å². The van der Waals surface area contributed by atoms with Crippen molar-refractivity contribution in [2.75, 3.05) is 5.88 Å². The van der Waals surface area contributed by atoms with Crippen LogP contribution in [0.2, 0.25) is 0 Å². The van der Waals surface area contributed by atoms with E-state index in [4.69, 9.17) is 11.6 Å². The molecule has 1 aromatic rings. The molecule has 0 atom stereocenters. The van der Waals surface area contributed by atoms with Gasteiger partial charge >= 0.3 is 0 Å². The minimum Gasteiger partial charge on any atom is -0.348 e. The number of hydrogen-bond acceptors (Lipinski definition) is 3. The molecular formula is C8H11ClN4O. The molecule has 76 valence electrons. The lowest BCUT2D eigenvalue weighted by Crippen LogP contribution is -2.24. The minimum atomic E-state index is -0.198. The van der Waals surface area contributed by atoms with Crippen LogP contribution in [0.4, 0.5) is 0 Å². The first kappa shape index (κ1) is 9.45. The number of halogens is 1. The maximum atomic E-state index is 10.8. The fourth-order valence-corrected chi connectivity index (χ4v) is 1.24. The number of amides is 1. The number of rotatable bonds is 4. The molecule has 14 heavy (non-hydrogen) atoms. The Labute approximate surface area is 86.2 Å². The van der Waals surface area contributed by atoms with E-state index in [-0.39, 0.29) is 11.8 Å². The van der Waals surface area contributed by atoms with Crippen LogP contribution in [0.25, 0.3) is 0 Å². The molecule has 5 nitrogen and oxygen atoms in total. The van der Waals surface area contributed by atoms with Crippen LogP contribution in [0.3, 0.4) is 0 Å². The van der Waals surface area contributed by atoms with E-state index in [1.807, 2.05) is 0 Å². The van der Waals surface area contributed by atoms with Crippen LogP contribution in [-0.2, 0) is 11.3 Å². The lowest BCUT2D eigenvalue weighted by atomic mass is 10.4. The van der Waals surface area contributed by atoms with Crippen molar-refractivity contribution in [3.05, 3.63) is 11.6 Å². The second kappa shape index (κ2) is 3.96. The van der Waals surface area contributed by atoms with Crippen molar-refractivity contribution in [3.8, 4) is 0 Å². The topological polar surface area (TPSA) is 70.7 Å². The van der Waals surface area contributed by atoms with E-state index < -0.39 is 0 Å². The Hall–Kier alpha value is -1.10. The number of alkyl halides is 1. The maximum Gasteiger partial charge on any atom is 0.235 e. The van der Waals surface area contributed by atoms with Crippen molar-refractivity contribution in [1.29, 1.82) is 0 Å². The number of hydrogen-bond donors (Lipinski definition) is 2. The summed E-state index contributed by atoms with van der Waals surface area (Å²) in [7, 11) is 0. The van der Waals surface area contributed by atoms with Gasteiger partial charge in [0.25, 0.3) is 0 Å². The third kappa shape index (κ3) is 2.23. The van der Waals surface area contributed by atoms with Gasteiger partial charge in [0.2, 0.25) is 5.91 Å². The van der Waals surface area contributed by atoms with Crippen molar-refractivity contribution >= 4 is 17.5 Å². The van der Waals surface area contributed by atoms with Crippen molar-refractivity contribution in [2.24, 2.45) is 0 Å². The van der Waals surface area contributed by atoms with Gasteiger partial charge in [-0.1, -0.05) is 0 Å². The Morgan fingerprint density at radius 3 is 3.07 bits per heavy atom. The Bertz CT molecular complexity index is 334. The first-order valence-electron chi connectivity index (χ1n) is 4.53. The monoisotopic (exact) mass is 214 g/mol. The molecule has 0 unspecified atom stereocenters. The summed E-state index contributed by atoms with van der Waals surface area (Å²) >= 11 is 5.33. The summed E-state index contributed by atoms with van der Waals surface area (Å²) in [4.78, 5) is 15.1. The molecule has 1 amide bonds. The second-order valence-electron chi connectivity index (χ2n) is 3.32. The average Bonchev–Trinajstić information content (AvgIpc) is 2.95. The fraction of sp³-hybridized carbons (Fsp3) is 0.625. The van der Waals surface area contributed by atoms with Gasteiger partial charge in [-0.2, -0.15) is 5.10 Å². The molecule has 1 aliphatic rings. The third-order valence-electron chi connectivity index (χ3n) is 2.07. The normalized spacial score (nSPS) is 15.5. The van der Waals surface area contributed by atoms with Gasteiger partial charge < -0.3 is 5.32 Å². The van der Waals surface area contributed by atoms with Crippen molar-refractivity contribution in [3.63, 3.8) is 0 Å². The summed E-state index contributed by atoms with van der Waals surface area (Å²) < 4.78 is 0. The summed E-state index contributed by atoms with van der Waals surface area (Å²) in [5, 5.41) is 9.47. The standard InChI is InChI=1S/C8H11ClN4O/c9-3-7(14)10-4-6-11-8(13-12-6)5-1-2-5/h5H,1-4H2,(H,10,14)(H,11,12,13). The van der Waals surface area contributed by atoms with Crippen LogP contribution in [-0.4, -0.2) is 27.0 Å². The van der Waals surface area contributed by atoms with Crippen LogP contribution < -0.4 is 5.32 Å². The van der Waals surface area contributed by atoms with Gasteiger partial charge in [0, 0.05) is 5.92 Å². The SMILES string of the molecule is O=C(CCl)NCc1nc(C2CC2)n[nH]1. The molecule has 0 bridgehead atoms. The number of aromatic amines is 1. The van der Waals surface area contributed by atoms with Gasteiger partial charge in [-0.3, -0.25) is 9.89 Å². The van der Waals surface area contributed by atoms with Gasteiger partial charge in [0.1, 0.15) is 11.7 Å². The molecular weight excluding hydrogens is 204 g/mol. The number of carbonyl (C=O) groups excluding carboxylic acids is 1. The van der Waals surface area contributed by atoms with E-state index in [0.29, 0.717) is 18.3 Å². The van der Waals surface area contributed by atoms with E-state index in [2.05, 4.69) is 20.5 Å². The number of carbonyl (C=O) groups is 1. The predicted octanol–water partition coefficient (Wildman–Crippen LogP) is 0.537. The molecule has 6 heteroatoms. The Balaban J connectivity index is 1.86. The molecule has 2 N–H and O–H groups in total. The van der Waals surface area contributed by atoms with E-state index >= 15 is 0 Å². The number of H-pyrrole nitrogens is 1. The highest BCUT2D eigenvalue weighted by Gasteiger charge is 2.27. The number of nitrogens with one attached hydrogen (secondary N) is 2. The lowest BCUT2D eigenvalue weighted by Gasteiger charge is -1.97. The first-order valence-corrected chi connectivity index (χ1v) is 5.07. The predicted molar refractivity (Wildman–Crippen MR) is 50.9 cm³/mol. The summed E-state index contributed by atoms with van der Waals surface area (Å²) in [5.74, 6) is 1.86. The van der Waals surface area contributed by atoms with E-state index in [1.54, 1.807) is 0 Å². The van der Waals surface area contributed by atoms with Crippen LogP contribution in [0.15, 0.2) is 0 Å². The zero-order valence-corrected chi connectivity index (χ0v) is 8.34. The van der Waals surface area contributed by atoms with Gasteiger partial charge in [-0.25, -0.2) is 4.98 Å². The van der Waals surface area contributed by atoms with Crippen molar-refractivity contribution in [1.82, 2.24) is 20.5 Å². The summed E-state index contributed by atoms with van der Waals surface area (Å²) in [6.45, 7) is 0.366. The molecule has 0 saturated heterocycles. The van der Waals surface area contributed by atoms with Crippen molar-refractivity contribution in [2.45, 2.75) is 25.3 Å². The second-order valence-corrected chi connectivity index (χ2v) is 3.59. The van der Waals surface area contributed by atoms with Gasteiger partial charge in [0.15, 0.2) is 5.82 Å². The van der Waals surface area contributed by atoms with Gasteiger partial charge in [-0.15, -0.1) is 11.6 Å².